The summed E-state index contributed by atoms with van der Waals surface area (Å²) in [5.41, 5.74) is 4.46. The number of pyridine rings is 2. The van der Waals surface area contributed by atoms with Gasteiger partial charge in [0.25, 0.3) is 5.91 Å². The second kappa shape index (κ2) is 8.70. The summed E-state index contributed by atoms with van der Waals surface area (Å²) in [6.45, 7) is 2.25. The predicted octanol–water partition coefficient (Wildman–Crippen LogP) is 5.05. The largest absolute Gasteiger partial charge is 0.322 e. The molecule has 4 aromatic rings. The molecular weight excluding hydrogens is 472 g/mol. The fraction of sp³-hybridized carbons (Fsp3) is 0.160. The van der Waals surface area contributed by atoms with Gasteiger partial charge in [-0.15, -0.1) is 0 Å². The molecule has 0 bridgehead atoms. The summed E-state index contributed by atoms with van der Waals surface area (Å²) < 4.78 is 25.8. The van der Waals surface area contributed by atoms with Crippen LogP contribution in [-0.2, 0) is 10.0 Å². The summed E-state index contributed by atoms with van der Waals surface area (Å²) in [4.78, 5) is 21.9. The molecule has 5 rings (SSSR count). The topological polar surface area (TPSA) is 92.3 Å². The summed E-state index contributed by atoms with van der Waals surface area (Å²) in [7, 11) is -3.28. The van der Waals surface area contributed by atoms with Crippen LogP contribution in [0.4, 0.5) is 11.4 Å². The first-order valence-corrected chi connectivity index (χ1v) is 12.7. The Morgan fingerprint density at radius 3 is 2.68 bits per heavy atom. The van der Waals surface area contributed by atoms with Gasteiger partial charge in [0, 0.05) is 41.1 Å². The minimum Gasteiger partial charge on any atom is -0.322 e. The van der Waals surface area contributed by atoms with Gasteiger partial charge in [0.2, 0.25) is 10.0 Å². The SMILES string of the molecule is Cc1cc(N2CCCS2(=O)=O)ccc1C(=O)Nc1ccc(Cl)c(-c2nccc3ncccc23)c1. The van der Waals surface area contributed by atoms with E-state index in [0.29, 0.717) is 51.7 Å². The van der Waals surface area contributed by atoms with Crippen LogP contribution in [-0.4, -0.2) is 36.6 Å². The lowest BCUT2D eigenvalue weighted by Gasteiger charge is -2.18. The van der Waals surface area contributed by atoms with Crippen LogP contribution < -0.4 is 9.62 Å². The van der Waals surface area contributed by atoms with Gasteiger partial charge in [-0.25, -0.2) is 8.42 Å². The summed E-state index contributed by atoms with van der Waals surface area (Å²) in [6.07, 6.45) is 4.00. The standard InChI is InChI=1S/C25H21ClN4O3S/c1-16-14-18(30-12-3-13-34(30,32)33)6-7-19(16)25(31)29-17-5-8-22(26)21(15-17)24-20-4-2-10-27-23(20)9-11-28-24/h2,4-11,14-15H,3,12-13H2,1H3,(H,29,31). The number of fused-ring (bicyclic) bond motifs is 1. The van der Waals surface area contributed by atoms with Crippen molar-refractivity contribution < 1.29 is 13.2 Å². The van der Waals surface area contributed by atoms with Gasteiger partial charge >= 0.3 is 0 Å². The van der Waals surface area contributed by atoms with Crippen LogP contribution in [0.3, 0.4) is 0 Å². The molecule has 1 saturated heterocycles. The molecule has 1 fully saturated rings. The second-order valence-electron chi connectivity index (χ2n) is 8.12. The van der Waals surface area contributed by atoms with E-state index in [1.165, 1.54) is 4.31 Å². The van der Waals surface area contributed by atoms with Crippen molar-refractivity contribution in [2.75, 3.05) is 21.9 Å². The molecule has 9 heteroatoms. The highest BCUT2D eigenvalue weighted by atomic mass is 35.5. The molecule has 0 aliphatic carbocycles. The Kier molecular flexibility index (Phi) is 5.71. The van der Waals surface area contributed by atoms with Crippen molar-refractivity contribution in [3.05, 3.63) is 83.1 Å². The van der Waals surface area contributed by atoms with E-state index in [2.05, 4.69) is 15.3 Å². The number of benzene rings is 2. The molecule has 34 heavy (non-hydrogen) atoms. The smallest absolute Gasteiger partial charge is 0.255 e. The normalized spacial score (nSPS) is 14.9. The number of hydrogen-bond acceptors (Lipinski definition) is 5. The minimum absolute atomic E-state index is 0.148. The van der Waals surface area contributed by atoms with Gasteiger partial charge in [-0.3, -0.25) is 19.1 Å². The van der Waals surface area contributed by atoms with Crippen molar-refractivity contribution in [1.82, 2.24) is 9.97 Å². The third-order valence-corrected chi connectivity index (χ3v) is 8.05. The molecule has 0 atom stereocenters. The van der Waals surface area contributed by atoms with E-state index in [-0.39, 0.29) is 11.7 Å². The molecule has 0 radical (unpaired) electrons. The number of halogens is 1. The zero-order chi connectivity index (χ0) is 23.9. The van der Waals surface area contributed by atoms with Gasteiger partial charge in [0.15, 0.2) is 0 Å². The zero-order valence-corrected chi connectivity index (χ0v) is 19.9. The molecule has 3 heterocycles. The first-order chi connectivity index (χ1) is 16.3. The number of anilines is 2. The Labute approximate surface area is 202 Å². The van der Waals surface area contributed by atoms with Gasteiger partial charge < -0.3 is 5.32 Å². The maximum absolute atomic E-state index is 13.0. The number of aryl methyl sites for hydroxylation is 1. The number of sulfonamides is 1. The molecule has 0 spiro atoms. The van der Waals surface area contributed by atoms with Crippen molar-refractivity contribution in [3.8, 4) is 11.3 Å². The number of nitrogens with one attached hydrogen (secondary N) is 1. The molecule has 1 N–H and O–H groups in total. The molecule has 2 aromatic carbocycles. The molecule has 172 valence electrons. The molecule has 1 amide bonds. The molecule has 0 unspecified atom stereocenters. The highest BCUT2D eigenvalue weighted by Gasteiger charge is 2.28. The molecule has 7 nitrogen and oxygen atoms in total. The summed E-state index contributed by atoms with van der Waals surface area (Å²) >= 11 is 6.49. The van der Waals surface area contributed by atoms with E-state index in [1.807, 2.05) is 18.2 Å². The third-order valence-electron chi connectivity index (χ3n) is 5.85. The molecule has 1 aliphatic heterocycles. The quantitative estimate of drug-likeness (QED) is 0.430. The number of aromatic nitrogens is 2. The lowest BCUT2D eigenvalue weighted by atomic mass is 10.0. The van der Waals surface area contributed by atoms with Gasteiger partial charge in [-0.1, -0.05) is 11.6 Å². The number of nitrogens with zero attached hydrogens (tertiary/aromatic N) is 3. The van der Waals surface area contributed by atoms with Crippen LogP contribution >= 0.6 is 11.6 Å². The highest BCUT2D eigenvalue weighted by Crippen LogP contribution is 2.33. The molecular formula is C25H21ClN4O3S. The van der Waals surface area contributed by atoms with Crippen LogP contribution in [0.2, 0.25) is 5.02 Å². The lowest BCUT2D eigenvalue weighted by Crippen LogP contribution is -2.25. The monoisotopic (exact) mass is 492 g/mol. The van der Waals surface area contributed by atoms with Crippen molar-refractivity contribution in [3.63, 3.8) is 0 Å². The number of amides is 1. The number of rotatable bonds is 4. The average Bonchev–Trinajstić information content (AvgIpc) is 3.18. The molecule has 0 saturated carbocycles. The van der Waals surface area contributed by atoms with E-state index in [4.69, 9.17) is 11.6 Å². The maximum atomic E-state index is 13.0. The molecule has 2 aromatic heterocycles. The van der Waals surface area contributed by atoms with Gasteiger partial charge in [-0.2, -0.15) is 0 Å². The molecule has 1 aliphatic rings. The third kappa shape index (κ3) is 4.10. The van der Waals surface area contributed by atoms with Crippen molar-refractivity contribution in [2.24, 2.45) is 0 Å². The van der Waals surface area contributed by atoms with Gasteiger partial charge in [0.1, 0.15) is 0 Å². The first-order valence-electron chi connectivity index (χ1n) is 10.8. The van der Waals surface area contributed by atoms with E-state index in [0.717, 1.165) is 10.9 Å². The second-order valence-corrected chi connectivity index (χ2v) is 10.5. The van der Waals surface area contributed by atoms with Crippen LogP contribution in [0.25, 0.3) is 22.2 Å². The number of carbonyl (C=O) groups excluding carboxylic acids is 1. The van der Waals surface area contributed by atoms with Gasteiger partial charge in [-0.05, 0) is 73.5 Å². The van der Waals surface area contributed by atoms with E-state index in [1.54, 1.807) is 55.7 Å². The van der Waals surface area contributed by atoms with E-state index in [9.17, 15) is 13.2 Å². The van der Waals surface area contributed by atoms with Crippen LogP contribution in [0.15, 0.2) is 67.0 Å². The summed E-state index contributed by atoms with van der Waals surface area (Å²) in [5.74, 6) is -0.149. The fourth-order valence-corrected chi connectivity index (χ4v) is 5.95. The average molecular weight is 493 g/mol. The van der Waals surface area contributed by atoms with Crippen LogP contribution in [0.5, 0.6) is 0 Å². The van der Waals surface area contributed by atoms with E-state index >= 15 is 0 Å². The first kappa shape index (κ1) is 22.3. The highest BCUT2D eigenvalue weighted by molar-refractivity contribution is 7.93. The Bertz CT molecular complexity index is 1530. The Morgan fingerprint density at radius 1 is 1.06 bits per heavy atom. The minimum atomic E-state index is -3.28. The van der Waals surface area contributed by atoms with Crippen LogP contribution in [0, 0.1) is 6.92 Å². The Balaban J connectivity index is 1.44. The summed E-state index contributed by atoms with van der Waals surface area (Å²) in [5, 5.41) is 4.29. The van der Waals surface area contributed by atoms with Gasteiger partial charge in [0.05, 0.1) is 27.7 Å². The lowest BCUT2D eigenvalue weighted by molar-refractivity contribution is 0.102. The Hall–Kier alpha value is -3.49. The maximum Gasteiger partial charge on any atom is 0.255 e. The fourth-order valence-electron chi connectivity index (χ4n) is 4.19. The Morgan fingerprint density at radius 2 is 1.91 bits per heavy atom. The summed E-state index contributed by atoms with van der Waals surface area (Å²) in [6, 6.07) is 15.9. The zero-order valence-electron chi connectivity index (χ0n) is 18.3. The van der Waals surface area contributed by atoms with Crippen molar-refractivity contribution in [1.29, 1.82) is 0 Å². The van der Waals surface area contributed by atoms with Crippen molar-refractivity contribution in [2.45, 2.75) is 13.3 Å². The number of carbonyl (C=O) groups is 1. The van der Waals surface area contributed by atoms with Crippen LogP contribution in [0.1, 0.15) is 22.3 Å². The van der Waals surface area contributed by atoms with E-state index < -0.39 is 10.0 Å². The number of hydrogen-bond donors (Lipinski definition) is 1. The predicted molar refractivity (Wildman–Crippen MR) is 135 cm³/mol. The van der Waals surface area contributed by atoms with Crippen molar-refractivity contribution >= 4 is 49.8 Å².